The molecule has 1 rings (SSSR count). The Balaban J connectivity index is 2.65. The monoisotopic (exact) mass is 226 g/mol. The van der Waals surface area contributed by atoms with Crippen molar-refractivity contribution < 1.29 is 0 Å². The van der Waals surface area contributed by atoms with E-state index in [-0.39, 0.29) is 0 Å². The smallest absolute Gasteiger partial charge is 0.0157 e. The Morgan fingerprint density at radius 2 is 1.67 bits per heavy atom. The summed E-state index contributed by atoms with van der Waals surface area (Å²) in [6.45, 7) is 4.36. The van der Waals surface area contributed by atoms with Gasteiger partial charge < -0.3 is 0 Å². The highest BCUT2D eigenvalue weighted by atomic mass is 79.9. The molecule has 0 saturated carbocycles. The summed E-state index contributed by atoms with van der Waals surface area (Å²) in [5.41, 5.74) is 2.83. The Bertz CT molecular complexity index is 223. The summed E-state index contributed by atoms with van der Waals surface area (Å²) < 4.78 is 0. The van der Waals surface area contributed by atoms with E-state index < -0.39 is 0 Å². The number of hydrogen-bond donors (Lipinski definition) is 0. The fourth-order valence-electron chi connectivity index (χ4n) is 1.24. The highest BCUT2D eigenvalue weighted by Gasteiger charge is 1.97. The van der Waals surface area contributed by atoms with Crippen LogP contribution in [0.4, 0.5) is 0 Å². The maximum atomic E-state index is 3.55. The van der Waals surface area contributed by atoms with Crippen molar-refractivity contribution in [3.05, 3.63) is 35.4 Å². The zero-order valence-electron chi connectivity index (χ0n) is 7.68. The van der Waals surface area contributed by atoms with E-state index in [0.29, 0.717) is 4.83 Å². The van der Waals surface area contributed by atoms with Crippen molar-refractivity contribution in [3.63, 3.8) is 0 Å². The van der Waals surface area contributed by atoms with Crippen LogP contribution in [0.1, 0.15) is 25.0 Å². The average molecular weight is 227 g/mol. The Kier molecular flexibility index (Phi) is 3.80. The molecule has 0 fully saturated rings. The van der Waals surface area contributed by atoms with Crippen LogP contribution in [0.25, 0.3) is 0 Å². The number of aryl methyl sites for hydroxylation is 1. The van der Waals surface area contributed by atoms with Crippen molar-refractivity contribution in [2.24, 2.45) is 0 Å². The molecule has 1 aromatic carbocycles. The first-order valence-corrected chi connectivity index (χ1v) is 5.36. The van der Waals surface area contributed by atoms with Gasteiger partial charge in [-0.2, -0.15) is 0 Å². The largest absolute Gasteiger partial charge is 0.0890 e. The average Bonchev–Trinajstić information content (AvgIpc) is 2.05. The first kappa shape index (κ1) is 9.79. The van der Waals surface area contributed by atoms with Crippen molar-refractivity contribution >= 4 is 15.9 Å². The molecule has 0 aromatic heterocycles. The summed E-state index contributed by atoms with van der Waals surface area (Å²) in [7, 11) is 0. The van der Waals surface area contributed by atoms with E-state index >= 15 is 0 Å². The van der Waals surface area contributed by atoms with Crippen LogP contribution in [0.5, 0.6) is 0 Å². The maximum absolute atomic E-state index is 3.55. The number of alkyl halides is 1. The van der Waals surface area contributed by atoms with Gasteiger partial charge in [0.25, 0.3) is 0 Å². The van der Waals surface area contributed by atoms with E-state index in [4.69, 9.17) is 0 Å². The van der Waals surface area contributed by atoms with E-state index in [0.717, 1.165) is 12.8 Å². The SMILES string of the molecule is CCc1ccc(CC(C)Br)cc1. The Hall–Kier alpha value is -0.300. The molecule has 1 atom stereocenters. The third-order valence-corrected chi connectivity index (χ3v) is 2.27. The zero-order chi connectivity index (χ0) is 8.97. The molecular formula is C11H15Br. The Morgan fingerprint density at radius 1 is 1.17 bits per heavy atom. The molecule has 0 aliphatic carbocycles. The highest BCUT2D eigenvalue weighted by Crippen LogP contribution is 2.10. The standard InChI is InChI=1S/C11H15Br/c1-3-10-4-6-11(7-5-10)8-9(2)12/h4-7,9H,3,8H2,1-2H3. The third-order valence-electron chi connectivity index (χ3n) is 1.95. The van der Waals surface area contributed by atoms with Gasteiger partial charge in [-0.05, 0) is 24.0 Å². The first-order chi connectivity index (χ1) is 5.72. The van der Waals surface area contributed by atoms with Gasteiger partial charge in [-0.3, -0.25) is 0 Å². The zero-order valence-corrected chi connectivity index (χ0v) is 9.26. The number of rotatable bonds is 3. The lowest BCUT2D eigenvalue weighted by Gasteiger charge is -2.03. The highest BCUT2D eigenvalue weighted by molar-refractivity contribution is 9.09. The number of benzene rings is 1. The van der Waals surface area contributed by atoms with Crippen molar-refractivity contribution in [2.75, 3.05) is 0 Å². The Labute approximate surface area is 83.1 Å². The van der Waals surface area contributed by atoms with Gasteiger partial charge in [0.2, 0.25) is 0 Å². The van der Waals surface area contributed by atoms with E-state index in [1.165, 1.54) is 11.1 Å². The number of halogens is 1. The van der Waals surface area contributed by atoms with Crippen LogP contribution in [0.15, 0.2) is 24.3 Å². The van der Waals surface area contributed by atoms with E-state index in [1.54, 1.807) is 0 Å². The fraction of sp³-hybridized carbons (Fsp3) is 0.455. The summed E-state index contributed by atoms with van der Waals surface area (Å²) >= 11 is 3.55. The van der Waals surface area contributed by atoms with Crippen LogP contribution in [-0.2, 0) is 12.8 Å². The fourth-order valence-corrected chi connectivity index (χ4v) is 1.61. The van der Waals surface area contributed by atoms with Gasteiger partial charge in [-0.15, -0.1) is 0 Å². The maximum Gasteiger partial charge on any atom is 0.0157 e. The van der Waals surface area contributed by atoms with Crippen LogP contribution in [0.3, 0.4) is 0 Å². The lowest BCUT2D eigenvalue weighted by Crippen LogP contribution is -1.96. The molecule has 1 heteroatoms. The molecule has 1 unspecified atom stereocenters. The molecule has 0 nitrogen and oxygen atoms in total. The van der Waals surface area contributed by atoms with Gasteiger partial charge in [0, 0.05) is 4.83 Å². The second-order valence-corrected chi connectivity index (χ2v) is 4.72. The minimum atomic E-state index is 0.574. The molecule has 0 aliphatic rings. The molecule has 0 spiro atoms. The molecule has 66 valence electrons. The summed E-state index contributed by atoms with van der Waals surface area (Å²) in [4.78, 5) is 0.574. The van der Waals surface area contributed by atoms with Gasteiger partial charge in [0.15, 0.2) is 0 Å². The summed E-state index contributed by atoms with van der Waals surface area (Å²) in [5.74, 6) is 0. The van der Waals surface area contributed by atoms with E-state index in [9.17, 15) is 0 Å². The van der Waals surface area contributed by atoms with E-state index in [1.807, 2.05) is 0 Å². The van der Waals surface area contributed by atoms with Gasteiger partial charge >= 0.3 is 0 Å². The van der Waals surface area contributed by atoms with Crippen LogP contribution < -0.4 is 0 Å². The lowest BCUT2D eigenvalue weighted by atomic mass is 10.1. The quantitative estimate of drug-likeness (QED) is 0.692. The second-order valence-electron chi connectivity index (χ2n) is 3.15. The molecule has 0 N–H and O–H groups in total. The number of hydrogen-bond acceptors (Lipinski definition) is 0. The summed E-state index contributed by atoms with van der Waals surface area (Å²) in [6, 6.07) is 8.86. The topological polar surface area (TPSA) is 0 Å². The minimum absolute atomic E-state index is 0.574. The third kappa shape index (κ3) is 2.98. The van der Waals surface area contributed by atoms with Crippen molar-refractivity contribution in [2.45, 2.75) is 31.5 Å². The predicted molar refractivity (Wildman–Crippen MR) is 57.9 cm³/mol. The minimum Gasteiger partial charge on any atom is -0.0890 e. The molecule has 0 saturated heterocycles. The van der Waals surface area contributed by atoms with Crippen LogP contribution in [-0.4, -0.2) is 4.83 Å². The molecule has 0 aliphatic heterocycles. The van der Waals surface area contributed by atoms with Gasteiger partial charge in [-0.1, -0.05) is 54.0 Å². The van der Waals surface area contributed by atoms with Crippen LogP contribution >= 0.6 is 15.9 Å². The normalized spacial score (nSPS) is 12.9. The van der Waals surface area contributed by atoms with E-state index in [2.05, 4.69) is 54.0 Å². The van der Waals surface area contributed by atoms with Gasteiger partial charge in [0.1, 0.15) is 0 Å². The lowest BCUT2D eigenvalue weighted by molar-refractivity contribution is 0.957. The van der Waals surface area contributed by atoms with Crippen molar-refractivity contribution in [3.8, 4) is 0 Å². The second kappa shape index (κ2) is 4.66. The predicted octanol–water partition coefficient (Wildman–Crippen LogP) is 3.57. The summed E-state index contributed by atoms with van der Waals surface area (Å²) in [5, 5.41) is 0. The molecule has 1 aromatic rings. The van der Waals surface area contributed by atoms with Crippen molar-refractivity contribution in [1.82, 2.24) is 0 Å². The molecule has 12 heavy (non-hydrogen) atoms. The molecule has 0 bridgehead atoms. The summed E-state index contributed by atoms with van der Waals surface area (Å²) in [6.07, 6.45) is 2.24. The Morgan fingerprint density at radius 3 is 2.08 bits per heavy atom. The van der Waals surface area contributed by atoms with Crippen LogP contribution in [0.2, 0.25) is 0 Å². The first-order valence-electron chi connectivity index (χ1n) is 4.44. The molecule has 0 radical (unpaired) electrons. The molecule has 0 heterocycles. The van der Waals surface area contributed by atoms with Crippen LogP contribution in [0, 0.1) is 0 Å². The van der Waals surface area contributed by atoms with Crippen molar-refractivity contribution in [1.29, 1.82) is 0 Å². The molecule has 0 amide bonds. The van der Waals surface area contributed by atoms with Gasteiger partial charge in [0.05, 0.1) is 0 Å². The molecular weight excluding hydrogens is 212 g/mol. The van der Waals surface area contributed by atoms with Gasteiger partial charge in [-0.25, -0.2) is 0 Å².